The lowest BCUT2D eigenvalue weighted by Crippen LogP contribution is -2.50. The molecule has 1 aliphatic rings. The largest absolute Gasteiger partial charge is 0.352 e. The topological polar surface area (TPSA) is 49.4 Å². The molecule has 4 nitrogen and oxygen atoms in total. The number of rotatable bonds is 8. The molecule has 1 saturated carbocycles. The fraction of sp³-hybridized carbons (Fsp3) is 0.379. The molecule has 0 aliphatic heterocycles. The highest BCUT2D eigenvalue weighted by Crippen LogP contribution is 2.22. The van der Waals surface area contributed by atoms with Crippen LogP contribution in [0.1, 0.15) is 56.6 Å². The molecule has 178 valence electrons. The van der Waals surface area contributed by atoms with Crippen LogP contribution >= 0.6 is 0 Å². The third kappa shape index (κ3) is 5.82. The molecule has 0 bridgehead atoms. The third-order valence-corrected chi connectivity index (χ3v) is 6.91. The molecule has 5 heteroatoms. The first-order valence-electron chi connectivity index (χ1n) is 12.3. The zero-order valence-corrected chi connectivity index (χ0v) is 19.8. The number of halogens is 1. The lowest BCUT2D eigenvalue weighted by molar-refractivity contribution is -0.141. The smallest absolute Gasteiger partial charge is 0.242 e. The van der Waals surface area contributed by atoms with Crippen molar-refractivity contribution in [1.82, 2.24) is 10.2 Å². The van der Waals surface area contributed by atoms with Crippen LogP contribution in [0.3, 0.4) is 0 Å². The van der Waals surface area contributed by atoms with Gasteiger partial charge in [0.2, 0.25) is 11.8 Å². The molecule has 0 spiro atoms. The number of aryl methyl sites for hydroxylation is 1. The van der Waals surface area contributed by atoms with E-state index in [9.17, 15) is 14.0 Å². The van der Waals surface area contributed by atoms with E-state index in [4.69, 9.17) is 0 Å². The standard InChI is InChI=1S/C29H33FN2O2/c1-21(29(34)31-25-14-3-2-4-15-25)32(20-24-11-6-8-17-27(24)30)28(33)19-18-23-13-9-12-22-10-5-7-16-26(22)23/h5-13,16-17,21,25H,2-4,14-15,18-20H2,1H3,(H,31,34)/t21-/m0/s1. The van der Waals surface area contributed by atoms with Gasteiger partial charge in [-0.1, -0.05) is 79.9 Å². The third-order valence-electron chi connectivity index (χ3n) is 6.91. The predicted octanol–water partition coefficient (Wildman–Crippen LogP) is 5.78. The number of fused-ring (bicyclic) bond motifs is 1. The summed E-state index contributed by atoms with van der Waals surface area (Å²) < 4.78 is 14.4. The number of hydrogen-bond acceptors (Lipinski definition) is 2. The highest BCUT2D eigenvalue weighted by atomic mass is 19.1. The maximum atomic E-state index is 14.4. The van der Waals surface area contributed by atoms with E-state index in [0.29, 0.717) is 12.0 Å². The van der Waals surface area contributed by atoms with Crippen molar-refractivity contribution in [1.29, 1.82) is 0 Å². The first-order valence-corrected chi connectivity index (χ1v) is 12.3. The number of carbonyl (C=O) groups is 2. The predicted molar refractivity (Wildman–Crippen MR) is 134 cm³/mol. The number of nitrogens with zero attached hydrogens (tertiary/aromatic N) is 1. The van der Waals surface area contributed by atoms with Crippen LogP contribution in [0.5, 0.6) is 0 Å². The van der Waals surface area contributed by atoms with Gasteiger partial charge in [-0.05, 0) is 48.6 Å². The van der Waals surface area contributed by atoms with E-state index in [0.717, 1.165) is 42.0 Å². The average molecular weight is 461 g/mol. The second-order valence-electron chi connectivity index (χ2n) is 9.27. The van der Waals surface area contributed by atoms with Crippen LogP contribution in [-0.4, -0.2) is 28.8 Å². The van der Waals surface area contributed by atoms with Crippen LogP contribution in [-0.2, 0) is 22.6 Å². The van der Waals surface area contributed by atoms with Crippen molar-refractivity contribution in [3.8, 4) is 0 Å². The van der Waals surface area contributed by atoms with E-state index in [1.54, 1.807) is 25.1 Å². The Morgan fingerprint density at radius 2 is 1.62 bits per heavy atom. The highest BCUT2D eigenvalue weighted by Gasteiger charge is 2.28. The molecule has 0 aromatic heterocycles. The molecular formula is C29H33FN2O2. The first kappa shape index (κ1) is 23.9. The molecule has 0 saturated heterocycles. The maximum absolute atomic E-state index is 14.4. The summed E-state index contributed by atoms with van der Waals surface area (Å²) in [6.45, 7) is 1.81. The van der Waals surface area contributed by atoms with E-state index in [1.807, 2.05) is 24.3 Å². The van der Waals surface area contributed by atoms with Crippen LogP contribution in [0.2, 0.25) is 0 Å². The van der Waals surface area contributed by atoms with E-state index < -0.39 is 6.04 Å². The summed E-state index contributed by atoms with van der Waals surface area (Å²) in [5.41, 5.74) is 1.51. The summed E-state index contributed by atoms with van der Waals surface area (Å²) in [5, 5.41) is 5.39. The van der Waals surface area contributed by atoms with Gasteiger partial charge in [-0.3, -0.25) is 9.59 Å². The Hall–Kier alpha value is -3.21. The summed E-state index contributed by atoms with van der Waals surface area (Å²) in [6, 6.07) is 20.1. The summed E-state index contributed by atoms with van der Waals surface area (Å²) in [6.07, 6.45) is 6.19. The number of nitrogens with one attached hydrogen (secondary N) is 1. The molecule has 0 unspecified atom stereocenters. The van der Waals surface area contributed by atoms with Gasteiger partial charge in [0, 0.05) is 24.6 Å². The monoisotopic (exact) mass is 460 g/mol. The van der Waals surface area contributed by atoms with Crippen molar-refractivity contribution in [2.24, 2.45) is 0 Å². The normalized spacial score (nSPS) is 15.1. The van der Waals surface area contributed by atoms with Crippen molar-refractivity contribution in [2.75, 3.05) is 0 Å². The van der Waals surface area contributed by atoms with Gasteiger partial charge in [0.25, 0.3) is 0 Å². The zero-order chi connectivity index (χ0) is 23.9. The Balaban J connectivity index is 1.50. The molecular weight excluding hydrogens is 427 g/mol. The van der Waals surface area contributed by atoms with Gasteiger partial charge in [-0.2, -0.15) is 0 Å². The minimum atomic E-state index is -0.679. The number of hydrogen-bond donors (Lipinski definition) is 1. The van der Waals surface area contributed by atoms with Crippen LogP contribution in [0.15, 0.2) is 66.7 Å². The number of carbonyl (C=O) groups excluding carboxylic acids is 2. The Morgan fingerprint density at radius 3 is 2.41 bits per heavy atom. The summed E-state index contributed by atoms with van der Waals surface area (Å²) in [7, 11) is 0. The van der Waals surface area contributed by atoms with E-state index >= 15 is 0 Å². The van der Waals surface area contributed by atoms with E-state index in [-0.39, 0.29) is 36.6 Å². The van der Waals surface area contributed by atoms with Crippen molar-refractivity contribution in [3.63, 3.8) is 0 Å². The van der Waals surface area contributed by atoms with Gasteiger partial charge in [-0.25, -0.2) is 4.39 Å². The fourth-order valence-electron chi connectivity index (χ4n) is 4.86. The van der Waals surface area contributed by atoms with Crippen LogP contribution in [0.25, 0.3) is 10.8 Å². The van der Waals surface area contributed by atoms with Crippen molar-refractivity contribution in [3.05, 3.63) is 83.7 Å². The average Bonchev–Trinajstić information content (AvgIpc) is 2.87. The number of benzene rings is 3. The van der Waals surface area contributed by atoms with Gasteiger partial charge >= 0.3 is 0 Å². The molecule has 34 heavy (non-hydrogen) atoms. The Labute approximate surface area is 201 Å². The molecule has 4 rings (SSSR count). The lowest BCUT2D eigenvalue weighted by atomic mass is 9.95. The molecule has 1 aliphatic carbocycles. The zero-order valence-electron chi connectivity index (χ0n) is 19.8. The molecule has 1 fully saturated rings. The van der Waals surface area contributed by atoms with Gasteiger partial charge in [0.15, 0.2) is 0 Å². The van der Waals surface area contributed by atoms with Gasteiger partial charge in [0.1, 0.15) is 11.9 Å². The van der Waals surface area contributed by atoms with Gasteiger partial charge in [0.05, 0.1) is 0 Å². The molecule has 0 radical (unpaired) electrons. The summed E-state index contributed by atoms with van der Waals surface area (Å²) in [4.78, 5) is 28.0. The van der Waals surface area contributed by atoms with Gasteiger partial charge in [-0.15, -0.1) is 0 Å². The molecule has 3 aromatic carbocycles. The highest BCUT2D eigenvalue weighted by molar-refractivity contribution is 5.89. The molecule has 2 amide bonds. The minimum Gasteiger partial charge on any atom is -0.352 e. The summed E-state index contributed by atoms with van der Waals surface area (Å²) in [5.74, 6) is -0.682. The second-order valence-corrected chi connectivity index (χ2v) is 9.27. The maximum Gasteiger partial charge on any atom is 0.242 e. The molecule has 3 aromatic rings. The fourth-order valence-corrected chi connectivity index (χ4v) is 4.86. The van der Waals surface area contributed by atoms with Crippen LogP contribution in [0, 0.1) is 5.82 Å². The lowest BCUT2D eigenvalue weighted by Gasteiger charge is -2.31. The minimum absolute atomic E-state index is 0.0697. The van der Waals surface area contributed by atoms with E-state index in [2.05, 4.69) is 23.5 Å². The van der Waals surface area contributed by atoms with Crippen molar-refractivity contribution < 1.29 is 14.0 Å². The summed E-state index contributed by atoms with van der Waals surface area (Å²) >= 11 is 0. The molecule has 1 N–H and O–H groups in total. The SMILES string of the molecule is C[C@@H](C(=O)NC1CCCCC1)N(Cc1ccccc1F)C(=O)CCc1cccc2ccccc12. The Morgan fingerprint density at radius 1 is 0.941 bits per heavy atom. The number of amides is 2. The quantitative estimate of drug-likeness (QED) is 0.463. The van der Waals surface area contributed by atoms with Crippen LogP contribution in [0.4, 0.5) is 4.39 Å². The Bertz CT molecular complexity index is 1130. The Kier molecular flexibility index (Phi) is 7.94. The van der Waals surface area contributed by atoms with Crippen LogP contribution < -0.4 is 5.32 Å². The molecule has 0 heterocycles. The molecule has 1 atom stereocenters. The first-order chi connectivity index (χ1) is 16.5. The van der Waals surface area contributed by atoms with Crippen molar-refractivity contribution >= 4 is 22.6 Å². The second kappa shape index (κ2) is 11.3. The van der Waals surface area contributed by atoms with E-state index in [1.165, 1.54) is 17.4 Å². The van der Waals surface area contributed by atoms with Crippen molar-refractivity contribution in [2.45, 2.75) is 70.5 Å². The van der Waals surface area contributed by atoms with Gasteiger partial charge < -0.3 is 10.2 Å².